The van der Waals surface area contributed by atoms with E-state index in [0.29, 0.717) is 13.3 Å². The fourth-order valence-electron chi connectivity index (χ4n) is 2.27. The SMILES string of the molecule is CCC[Si](OC)(OC)OCN(CC=Cc1ccccc1)CCN. The summed E-state index contributed by atoms with van der Waals surface area (Å²) in [5, 5.41) is 0. The largest absolute Gasteiger partial charge is 0.501 e. The van der Waals surface area contributed by atoms with Crippen molar-refractivity contribution < 1.29 is 13.3 Å². The first-order valence-corrected chi connectivity index (χ1v) is 10.0. The van der Waals surface area contributed by atoms with Crippen molar-refractivity contribution in [3.63, 3.8) is 0 Å². The van der Waals surface area contributed by atoms with Gasteiger partial charge >= 0.3 is 8.80 Å². The van der Waals surface area contributed by atoms with Gasteiger partial charge in [0.15, 0.2) is 0 Å². The van der Waals surface area contributed by atoms with Gasteiger partial charge in [0.1, 0.15) is 0 Å². The van der Waals surface area contributed by atoms with E-state index in [-0.39, 0.29) is 0 Å². The number of benzene rings is 1. The van der Waals surface area contributed by atoms with Crippen LogP contribution in [-0.2, 0) is 13.3 Å². The molecule has 0 amide bonds. The van der Waals surface area contributed by atoms with Crippen molar-refractivity contribution in [2.24, 2.45) is 5.73 Å². The Morgan fingerprint density at radius 3 is 2.43 bits per heavy atom. The lowest BCUT2D eigenvalue weighted by molar-refractivity contribution is 0.0428. The summed E-state index contributed by atoms with van der Waals surface area (Å²) in [5.74, 6) is 0. The summed E-state index contributed by atoms with van der Waals surface area (Å²) in [4.78, 5) is 2.15. The summed E-state index contributed by atoms with van der Waals surface area (Å²) in [6.45, 7) is 4.69. The molecule has 0 saturated heterocycles. The molecule has 0 radical (unpaired) electrons. The van der Waals surface area contributed by atoms with Crippen molar-refractivity contribution in [3.05, 3.63) is 42.0 Å². The van der Waals surface area contributed by atoms with Crippen LogP contribution in [0.4, 0.5) is 0 Å². The molecule has 0 atom stereocenters. The molecule has 0 spiro atoms. The fourth-order valence-corrected chi connectivity index (χ4v) is 4.21. The monoisotopic (exact) mass is 338 g/mol. The van der Waals surface area contributed by atoms with Crippen LogP contribution in [0.25, 0.3) is 6.08 Å². The second kappa shape index (κ2) is 11.5. The Labute approximate surface area is 141 Å². The maximum atomic E-state index is 6.02. The summed E-state index contributed by atoms with van der Waals surface area (Å²) in [6, 6.07) is 11.0. The molecule has 0 aliphatic heterocycles. The second-order valence-electron chi connectivity index (χ2n) is 5.29. The van der Waals surface area contributed by atoms with Crippen LogP contribution in [-0.4, -0.2) is 54.3 Å². The molecule has 6 heteroatoms. The lowest BCUT2D eigenvalue weighted by Gasteiger charge is -2.29. The maximum Gasteiger partial charge on any atom is 0.501 e. The van der Waals surface area contributed by atoms with Crippen molar-refractivity contribution in [1.29, 1.82) is 0 Å². The zero-order chi connectivity index (χ0) is 17.0. The standard InChI is InChI=1S/C17H30N2O3Si/c1-4-15-23(20-2,21-3)22-16-19(14-12-18)13-8-11-17-9-6-5-7-10-17/h5-11H,4,12-16,18H2,1-3H3. The zero-order valence-corrected chi connectivity index (χ0v) is 15.5. The highest BCUT2D eigenvalue weighted by Crippen LogP contribution is 2.16. The summed E-state index contributed by atoms with van der Waals surface area (Å²) in [7, 11) is 0.776. The van der Waals surface area contributed by atoms with Gasteiger partial charge in [0, 0.05) is 39.9 Å². The van der Waals surface area contributed by atoms with Gasteiger partial charge in [-0.2, -0.15) is 0 Å². The molecule has 1 aromatic rings. The van der Waals surface area contributed by atoms with Crippen molar-refractivity contribution in [1.82, 2.24) is 4.90 Å². The van der Waals surface area contributed by atoms with E-state index in [1.807, 2.05) is 18.2 Å². The third kappa shape index (κ3) is 7.39. The molecule has 0 heterocycles. The summed E-state index contributed by atoms with van der Waals surface area (Å²) >= 11 is 0. The summed E-state index contributed by atoms with van der Waals surface area (Å²) in [5.41, 5.74) is 6.89. The Morgan fingerprint density at radius 1 is 1.17 bits per heavy atom. The molecule has 2 N–H and O–H groups in total. The van der Waals surface area contributed by atoms with Gasteiger partial charge in [0.25, 0.3) is 0 Å². The van der Waals surface area contributed by atoms with E-state index in [0.717, 1.165) is 25.6 Å². The van der Waals surface area contributed by atoms with Gasteiger partial charge in [0.2, 0.25) is 0 Å². The highest BCUT2D eigenvalue weighted by atomic mass is 28.4. The molecule has 23 heavy (non-hydrogen) atoms. The van der Waals surface area contributed by atoms with Crippen LogP contribution in [0, 0.1) is 0 Å². The molecule has 1 rings (SSSR count). The topological polar surface area (TPSA) is 57.0 Å². The molecule has 0 unspecified atom stereocenters. The first kappa shape index (κ1) is 20.0. The molecule has 0 fully saturated rings. The van der Waals surface area contributed by atoms with Crippen molar-refractivity contribution in [3.8, 4) is 0 Å². The highest BCUT2D eigenvalue weighted by Gasteiger charge is 2.38. The third-order valence-corrected chi connectivity index (χ3v) is 6.49. The van der Waals surface area contributed by atoms with Crippen LogP contribution in [0.2, 0.25) is 6.04 Å². The molecule has 1 aromatic carbocycles. The van der Waals surface area contributed by atoms with Crippen LogP contribution >= 0.6 is 0 Å². The molecule has 0 aromatic heterocycles. The smallest absolute Gasteiger partial charge is 0.377 e. The van der Waals surface area contributed by atoms with Gasteiger partial charge in [-0.3, -0.25) is 4.90 Å². The van der Waals surface area contributed by atoms with Gasteiger partial charge < -0.3 is 19.0 Å². The fraction of sp³-hybridized carbons (Fsp3) is 0.529. The minimum atomic E-state index is -2.54. The van der Waals surface area contributed by atoms with Gasteiger partial charge in [-0.05, 0) is 5.56 Å². The molecule has 0 saturated carbocycles. The van der Waals surface area contributed by atoms with Crippen LogP contribution in [0.15, 0.2) is 36.4 Å². The number of rotatable bonds is 12. The van der Waals surface area contributed by atoms with E-state index in [9.17, 15) is 0 Å². The van der Waals surface area contributed by atoms with Crippen molar-refractivity contribution >= 4 is 14.9 Å². The number of hydrogen-bond acceptors (Lipinski definition) is 5. The molecule has 0 aliphatic carbocycles. The van der Waals surface area contributed by atoms with Crippen LogP contribution in [0.3, 0.4) is 0 Å². The van der Waals surface area contributed by atoms with Crippen LogP contribution in [0.5, 0.6) is 0 Å². The van der Waals surface area contributed by atoms with Crippen LogP contribution < -0.4 is 5.73 Å². The highest BCUT2D eigenvalue weighted by molar-refractivity contribution is 6.60. The summed E-state index contributed by atoms with van der Waals surface area (Å²) < 4.78 is 17.1. The Kier molecular flexibility index (Phi) is 10.0. The molecule has 0 bridgehead atoms. The van der Waals surface area contributed by atoms with E-state index in [4.69, 9.17) is 19.0 Å². The number of nitrogens with two attached hydrogens (primary N) is 1. The maximum absolute atomic E-state index is 6.02. The summed E-state index contributed by atoms with van der Waals surface area (Å²) in [6.07, 6.45) is 5.20. The lowest BCUT2D eigenvalue weighted by atomic mass is 10.2. The molecular weight excluding hydrogens is 308 g/mol. The minimum absolute atomic E-state index is 0.463. The first-order chi connectivity index (χ1) is 11.2. The minimum Gasteiger partial charge on any atom is -0.377 e. The van der Waals surface area contributed by atoms with Gasteiger partial charge in [-0.25, -0.2) is 0 Å². The predicted molar refractivity (Wildman–Crippen MR) is 96.9 cm³/mol. The Bertz CT molecular complexity index is 439. The second-order valence-corrected chi connectivity index (χ2v) is 8.26. The van der Waals surface area contributed by atoms with Gasteiger partial charge in [0.05, 0.1) is 6.73 Å². The van der Waals surface area contributed by atoms with E-state index in [2.05, 4.69) is 36.1 Å². The molecule has 130 valence electrons. The normalized spacial score (nSPS) is 12.4. The quantitative estimate of drug-likeness (QED) is 0.469. The Balaban J connectivity index is 2.55. The van der Waals surface area contributed by atoms with Crippen molar-refractivity contribution in [2.45, 2.75) is 19.4 Å². The average molecular weight is 339 g/mol. The lowest BCUT2D eigenvalue weighted by Crippen LogP contribution is -2.47. The average Bonchev–Trinajstić information content (AvgIpc) is 2.59. The van der Waals surface area contributed by atoms with E-state index in [1.165, 1.54) is 5.56 Å². The van der Waals surface area contributed by atoms with E-state index in [1.54, 1.807) is 14.2 Å². The Morgan fingerprint density at radius 2 is 1.87 bits per heavy atom. The predicted octanol–water partition coefficient (Wildman–Crippen LogP) is 2.58. The van der Waals surface area contributed by atoms with Crippen LogP contribution in [0.1, 0.15) is 18.9 Å². The Hall–Kier alpha value is -1.02. The third-order valence-electron chi connectivity index (χ3n) is 3.56. The number of hydrogen-bond donors (Lipinski definition) is 1. The van der Waals surface area contributed by atoms with Gasteiger partial charge in [-0.1, -0.05) is 55.8 Å². The number of nitrogens with zero attached hydrogens (tertiary/aromatic N) is 1. The van der Waals surface area contributed by atoms with E-state index < -0.39 is 8.80 Å². The van der Waals surface area contributed by atoms with Crippen molar-refractivity contribution in [2.75, 3.05) is 40.6 Å². The molecule has 5 nitrogen and oxygen atoms in total. The molecular formula is C17H30N2O3Si. The van der Waals surface area contributed by atoms with Gasteiger partial charge in [-0.15, -0.1) is 0 Å². The first-order valence-electron chi connectivity index (χ1n) is 8.08. The zero-order valence-electron chi connectivity index (χ0n) is 14.5. The van der Waals surface area contributed by atoms with E-state index >= 15 is 0 Å². The molecule has 0 aliphatic rings.